The maximum Gasteiger partial charge on any atom is 0.317 e. The van der Waals surface area contributed by atoms with Crippen molar-refractivity contribution < 1.29 is 19.1 Å². The summed E-state index contributed by atoms with van der Waals surface area (Å²) in [5, 5.41) is 0. The van der Waals surface area contributed by atoms with Crippen molar-refractivity contribution in [3.05, 3.63) is 36.8 Å². The van der Waals surface area contributed by atoms with Gasteiger partial charge < -0.3 is 9.47 Å². The van der Waals surface area contributed by atoms with Gasteiger partial charge in [-0.1, -0.05) is 25.5 Å². The minimum atomic E-state index is -0.533. The van der Waals surface area contributed by atoms with Gasteiger partial charge >= 0.3 is 11.9 Å². The van der Waals surface area contributed by atoms with Crippen LogP contribution < -0.4 is 4.74 Å². The van der Waals surface area contributed by atoms with Crippen molar-refractivity contribution in [2.24, 2.45) is 0 Å². The fourth-order valence-corrected chi connectivity index (χ4v) is 1.39. The van der Waals surface area contributed by atoms with Crippen LogP contribution in [0.4, 0.5) is 0 Å². The zero-order valence-corrected chi connectivity index (χ0v) is 10.5. The monoisotopic (exact) mass is 249 g/mol. The third kappa shape index (κ3) is 4.99. The number of carbonyl (C=O) groups is 2. The Hall–Kier alpha value is -1.84. The molecule has 1 aromatic rings. The third-order valence-electron chi connectivity index (χ3n) is 2.37. The number of hydrogen-bond donors (Lipinski definition) is 0. The van der Waals surface area contributed by atoms with Gasteiger partial charge in [0.1, 0.15) is 5.75 Å². The minimum absolute atomic E-state index is 0.0834. The summed E-state index contributed by atoms with van der Waals surface area (Å²) < 4.78 is 9.68. The molecule has 0 bridgehead atoms. The molecule has 1 rings (SSSR count). The van der Waals surface area contributed by atoms with Crippen LogP contribution in [0.3, 0.4) is 0 Å². The Kier molecular flexibility index (Phi) is 5.91. The summed E-state index contributed by atoms with van der Waals surface area (Å²) in [6.07, 6.45) is 1.61. The molecule has 0 unspecified atom stereocenters. The summed E-state index contributed by atoms with van der Waals surface area (Å²) in [6.45, 7) is 3.62. The summed E-state index contributed by atoms with van der Waals surface area (Å²) in [6, 6.07) is 7.04. The van der Waals surface area contributed by atoms with E-state index in [4.69, 9.17) is 4.74 Å². The summed E-state index contributed by atoms with van der Waals surface area (Å²) in [4.78, 5) is 22.7. The lowest BCUT2D eigenvalue weighted by atomic mass is 10.1. The van der Waals surface area contributed by atoms with E-state index >= 15 is 0 Å². The maximum absolute atomic E-state index is 11.5. The molecule has 0 N–H and O–H groups in total. The van der Waals surface area contributed by atoms with E-state index in [0.717, 1.165) is 11.3 Å². The van der Waals surface area contributed by atoms with E-state index < -0.39 is 11.9 Å². The number of carbonyl (C=O) groups excluding carboxylic acids is 2. The number of ether oxygens (including phenoxy) is 2. The van der Waals surface area contributed by atoms with Crippen LogP contribution in [0.2, 0.25) is 0 Å². The highest BCUT2D eigenvalue weighted by atomic mass is 16.6. The van der Waals surface area contributed by atoms with Crippen molar-refractivity contribution in [3.63, 3.8) is 0 Å². The van der Waals surface area contributed by atoms with Crippen LogP contribution >= 0.6 is 0 Å². The highest BCUT2D eigenvalue weighted by Gasteiger charge is 2.10. The molecule has 0 atom stereocenters. The Morgan fingerprint density at radius 1 is 1.17 bits per heavy atom. The third-order valence-corrected chi connectivity index (χ3v) is 2.37. The Labute approximate surface area is 107 Å². The second kappa shape index (κ2) is 7.48. The van der Waals surface area contributed by atoms with Crippen LogP contribution in [0, 0.1) is 6.92 Å². The lowest BCUT2D eigenvalue weighted by molar-refractivity contribution is -0.159. The Balaban J connectivity index is 2.41. The number of benzene rings is 1. The molecule has 0 aliphatic rings. The zero-order chi connectivity index (χ0) is 13.4. The SMILES string of the molecule is [CH2]CCCC(=O)OC(=O)Cc1ccc(OC)cc1. The van der Waals surface area contributed by atoms with Crippen molar-refractivity contribution in [3.8, 4) is 5.75 Å². The van der Waals surface area contributed by atoms with E-state index in [1.54, 1.807) is 31.4 Å². The van der Waals surface area contributed by atoms with Crippen LogP contribution in [0.25, 0.3) is 0 Å². The molecule has 18 heavy (non-hydrogen) atoms. The van der Waals surface area contributed by atoms with Gasteiger partial charge in [0.05, 0.1) is 13.5 Å². The second-order valence-corrected chi connectivity index (χ2v) is 3.83. The fourth-order valence-electron chi connectivity index (χ4n) is 1.39. The molecule has 0 heterocycles. The topological polar surface area (TPSA) is 52.6 Å². The van der Waals surface area contributed by atoms with Gasteiger partial charge in [0.2, 0.25) is 0 Å². The highest BCUT2D eigenvalue weighted by Crippen LogP contribution is 2.12. The van der Waals surface area contributed by atoms with Crippen molar-refractivity contribution in [1.82, 2.24) is 0 Å². The average molecular weight is 249 g/mol. The number of rotatable bonds is 6. The summed E-state index contributed by atoms with van der Waals surface area (Å²) >= 11 is 0. The molecule has 0 amide bonds. The van der Waals surface area contributed by atoms with Gasteiger partial charge in [-0.3, -0.25) is 9.59 Å². The lowest BCUT2D eigenvalue weighted by Gasteiger charge is -2.04. The van der Waals surface area contributed by atoms with E-state index in [-0.39, 0.29) is 12.8 Å². The first-order valence-electron chi connectivity index (χ1n) is 5.81. The number of unbranched alkanes of at least 4 members (excludes halogenated alkanes) is 1. The molecule has 0 aromatic heterocycles. The normalized spacial score (nSPS) is 9.89. The maximum atomic E-state index is 11.5. The molecule has 0 aliphatic carbocycles. The Morgan fingerprint density at radius 2 is 1.83 bits per heavy atom. The van der Waals surface area contributed by atoms with Gasteiger partial charge in [0.25, 0.3) is 0 Å². The average Bonchev–Trinajstić information content (AvgIpc) is 2.37. The van der Waals surface area contributed by atoms with E-state index in [1.807, 2.05) is 0 Å². The minimum Gasteiger partial charge on any atom is -0.497 e. The van der Waals surface area contributed by atoms with Crippen LogP contribution in [0.5, 0.6) is 5.75 Å². The number of hydrogen-bond acceptors (Lipinski definition) is 4. The smallest absolute Gasteiger partial charge is 0.317 e. The molecule has 0 saturated carbocycles. The van der Waals surface area contributed by atoms with Crippen molar-refractivity contribution in [2.45, 2.75) is 25.7 Å². The molecular formula is C14H17O4. The molecule has 4 nitrogen and oxygen atoms in total. The molecule has 0 fully saturated rings. The molecule has 0 spiro atoms. The Morgan fingerprint density at radius 3 is 2.39 bits per heavy atom. The molecule has 97 valence electrons. The second-order valence-electron chi connectivity index (χ2n) is 3.83. The largest absolute Gasteiger partial charge is 0.497 e. The lowest BCUT2D eigenvalue weighted by Crippen LogP contribution is -2.14. The molecule has 1 aromatic carbocycles. The van der Waals surface area contributed by atoms with Crippen LogP contribution in [-0.4, -0.2) is 19.0 Å². The van der Waals surface area contributed by atoms with Gasteiger partial charge in [0.15, 0.2) is 0 Å². The van der Waals surface area contributed by atoms with E-state index in [1.165, 1.54) is 0 Å². The number of methoxy groups -OCH3 is 1. The quantitative estimate of drug-likeness (QED) is 0.573. The molecule has 4 heteroatoms. The fraction of sp³-hybridized carbons (Fsp3) is 0.357. The van der Waals surface area contributed by atoms with Crippen LogP contribution in [-0.2, 0) is 20.7 Å². The van der Waals surface area contributed by atoms with Gasteiger partial charge in [-0.25, -0.2) is 0 Å². The van der Waals surface area contributed by atoms with Crippen LogP contribution in [0.1, 0.15) is 24.8 Å². The van der Waals surface area contributed by atoms with Crippen molar-refractivity contribution in [1.29, 1.82) is 0 Å². The van der Waals surface area contributed by atoms with E-state index in [2.05, 4.69) is 11.7 Å². The molecule has 0 saturated heterocycles. The first-order valence-corrected chi connectivity index (χ1v) is 5.81. The van der Waals surface area contributed by atoms with Crippen LogP contribution in [0.15, 0.2) is 24.3 Å². The zero-order valence-electron chi connectivity index (χ0n) is 10.5. The predicted octanol–water partition coefficient (Wildman–Crippen LogP) is 2.31. The van der Waals surface area contributed by atoms with E-state index in [9.17, 15) is 9.59 Å². The highest BCUT2D eigenvalue weighted by molar-refractivity contribution is 5.86. The number of esters is 2. The predicted molar refractivity (Wildman–Crippen MR) is 67.0 cm³/mol. The summed E-state index contributed by atoms with van der Waals surface area (Å²) in [5.41, 5.74) is 0.783. The standard InChI is InChI=1S/C14H17O4/c1-3-4-5-13(15)18-14(16)10-11-6-8-12(17-2)9-7-11/h6-9H,1,3-5,10H2,2H3. The molecule has 1 radical (unpaired) electrons. The molecular weight excluding hydrogens is 232 g/mol. The summed E-state index contributed by atoms with van der Waals surface area (Å²) in [5.74, 6) is -0.301. The van der Waals surface area contributed by atoms with Crippen molar-refractivity contribution >= 4 is 11.9 Å². The van der Waals surface area contributed by atoms with E-state index in [0.29, 0.717) is 12.8 Å². The van der Waals surface area contributed by atoms with Gasteiger partial charge in [-0.05, 0) is 24.1 Å². The van der Waals surface area contributed by atoms with Gasteiger partial charge in [-0.15, -0.1) is 0 Å². The molecule has 0 aliphatic heterocycles. The van der Waals surface area contributed by atoms with Gasteiger partial charge in [-0.2, -0.15) is 0 Å². The first-order chi connectivity index (χ1) is 8.65. The Bertz CT molecular complexity index is 395. The summed E-state index contributed by atoms with van der Waals surface area (Å²) in [7, 11) is 1.57. The first kappa shape index (κ1) is 14.2. The van der Waals surface area contributed by atoms with Crippen molar-refractivity contribution in [2.75, 3.05) is 7.11 Å². The van der Waals surface area contributed by atoms with Gasteiger partial charge in [0, 0.05) is 6.42 Å².